The molecule has 0 spiro atoms. The number of aliphatic hydroxyl groups is 1. The minimum Gasteiger partial charge on any atom is -0.480 e. The molecular weight excluding hydrogens is 278 g/mol. The number of carbonyl (C=O) groups is 3. The van der Waals surface area contributed by atoms with Gasteiger partial charge in [0, 0.05) is 32.0 Å². The van der Waals surface area contributed by atoms with Crippen LogP contribution in [-0.4, -0.2) is 64.3 Å². The highest BCUT2D eigenvalue weighted by Gasteiger charge is 2.38. The Morgan fingerprint density at radius 2 is 2.05 bits per heavy atom. The maximum absolute atomic E-state index is 11.9. The molecule has 1 aliphatic rings. The third kappa shape index (κ3) is 5.22. The molecule has 3 atom stereocenters. The maximum atomic E-state index is 11.9. The summed E-state index contributed by atoms with van der Waals surface area (Å²) in [5.41, 5.74) is 0. The fraction of sp³-hybridized carbons (Fsp3) is 0.769. The molecule has 8 nitrogen and oxygen atoms in total. The Balaban J connectivity index is 2.36. The normalized spacial score (nSPS) is 22.7. The molecule has 120 valence electrons. The van der Waals surface area contributed by atoms with Crippen LogP contribution in [0.4, 0.5) is 4.79 Å². The van der Waals surface area contributed by atoms with Crippen LogP contribution in [0.1, 0.15) is 33.1 Å². The van der Waals surface area contributed by atoms with Crippen molar-refractivity contribution in [2.75, 3.05) is 13.1 Å². The molecule has 1 rings (SSSR count). The zero-order chi connectivity index (χ0) is 16.0. The lowest BCUT2D eigenvalue weighted by molar-refractivity contribution is -0.141. The highest BCUT2D eigenvalue weighted by Crippen LogP contribution is 2.17. The van der Waals surface area contributed by atoms with E-state index in [0.29, 0.717) is 0 Å². The summed E-state index contributed by atoms with van der Waals surface area (Å²) in [6, 6.07) is -1.51. The predicted octanol–water partition coefficient (Wildman–Crippen LogP) is -0.479. The number of rotatable bonds is 6. The lowest BCUT2D eigenvalue weighted by Crippen LogP contribution is -2.47. The first-order valence-corrected chi connectivity index (χ1v) is 7.09. The molecule has 1 aliphatic heterocycles. The number of aliphatic hydroxyl groups excluding tert-OH is 1. The van der Waals surface area contributed by atoms with Crippen molar-refractivity contribution in [2.45, 2.75) is 51.3 Å². The van der Waals surface area contributed by atoms with Gasteiger partial charge in [0.1, 0.15) is 6.04 Å². The molecule has 0 aromatic carbocycles. The van der Waals surface area contributed by atoms with Crippen LogP contribution in [0.5, 0.6) is 0 Å². The topological polar surface area (TPSA) is 119 Å². The van der Waals surface area contributed by atoms with Gasteiger partial charge in [0.05, 0.1) is 6.10 Å². The largest absolute Gasteiger partial charge is 0.480 e. The smallest absolute Gasteiger partial charge is 0.326 e. The van der Waals surface area contributed by atoms with E-state index >= 15 is 0 Å². The summed E-state index contributed by atoms with van der Waals surface area (Å²) in [5, 5.41) is 23.7. The molecule has 0 aliphatic carbocycles. The van der Waals surface area contributed by atoms with E-state index in [-0.39, 0.29) is 37.9 Å². The summed E-state index contributed by atoms with van der Waals surface area (Å²) in [7, 11) is 0. The highest BCUT2D eigenvalue weighted by atomic mass is 16.4. The number of hydrogen-bond acceptors (Lipinski definition) is 4. The van der Waals surface area contributed by atoms with Crippen LogP contribution < -0.4 is 10.6 Å². The summed E-state index contributed by atoms with van der Waals surface area (Å²) >= 11 is 0. The fourth-order valence-corrected chi connectivity index (χ4v) is 2.11. The number of amides is 3. The van der Waals surface area contributed by atoms with Crippen molar-refractivity contribution >= 4 is 17.9 Å². The van der Waals surface area contributed by atoms with E-state index in [9.17, 15) is 19.5 Å². The molecule has 0 radical (unpaired) electrons. The third-order valence-corrected chi connectivity index (χ3v) is 3.47. The number of aliphatic carboxylic acids is 1. The molecule has 0 saturated carbocycles. The second-order valence-electron chi connectivity index (χ2n) is 5.25. The summed E-state index contributed by atoms with van der Waals surface area (Å²) < 4.78 is 0. The SMILES string of the molecule is CCC(C)NC(=O)CCNC(=O)N1CC(O)CC1C(=O)O. The number of carbonyl (C=O) groups excluding carboxylic acids is 2. The molecule has 21 heavy (non-hydrogen) atoms. The van der Waals surface area contributed by atoms with Crippen molar-refractivity contribution in [3.63, 3.8) is 0 Å². The average molecular weight is 301 g/mol. The number of carboxylic acid groups (broad SMARTS) is 1. The van der Waals surface area contributed by atoms with Gasteiger partial charge in [-0.05, 0) is 13.3 Å². The number of nitrogens with one attached hydrogen (secondary N) is 2. The number of urea groups is 1. The van der Waals surface area contributed by atoms with Crippen molar-refractivity contribution in [1.82, 2.24) is 15.5 Å². The molecular formula is C13H23N3O5. The predicted molar refractivity (Wildman–Crippen MR) is 74.7 cm³/mol. The van der Waals surface area contributed by atoms with Crippen LogP contribution in [-0.2, 0) is 9.59 Å². The fourth-order valence-electron chi connectivity index (χ4n) is 2.11. The van der Waals surface area contributed by atoms with Crippen molar-refractivity contribution in [2.24, 2.45) is 0 Å². The number of likely N-dealkylation sites (tertiary alicyclic amines) is 1. The van der Waals surface area contributed by atoms with Gasteiger partial charge in [-0.25, -0.2) is 9.59 Å². The second kappa shape index (κ2) is 7.82. The van der Waals surface area contributed by atoms with Gasteiger partial charge in [0.2, 0.25) is 5.91 Å². The molecule has 8 heteroatoms. The monoisotopic (exact) mass is 301 g/mol. The molecule has 0 aromatic rings. The summed E-state index contributed by atoms with van der Waals surface area (Å²) in [4.78, 5) is 35.5. The van der Waals surface area contributed by atoms with E-state index in [2.05, 4.69) is 10.6 Å². The number of β-amino-alcohol motifs (C(OH)–C–C–N with tert-alkyl or cyclic N) is 1. The molecule has 1 fully saturated rings. The van der Waals surface area contributed by atoms with Gasteiger partial charge in [-0.3, -0.25) is 4.79 Å². The first-order chi connectivity index (χ1) is 9.85. The minimum absolute atomic E-state index is 0.0120. The molecule has 1 saturated heterocycles. The Labute approximate surface area is 123 Å². The van der Waals surface area contributed by atoms with Gasteiger partial charge in [-0.2, -0.15) is 0 Å². The number of hydrogen-bond donors (Lipinski definition) is 4. The quantitative estimate of drug-likeness (QED) is 0.528. The van der Waals surface area contributed by atoms with E-state index in [0.717, 1.165) is 11.3 Å². The summed E-state index contributed by atoms with van der Waals surface area (Å²) in [6.07, 6.45) is 0.150. The van der Waals surface area contributed by atoms with E-state index in [1.165, 1.54) is 0 Å². The molecule has 1 heterocycles. The van der Waals surface area contributed by atoms with Gasteiger partial charge in [0.25, 0.3) is 0 Å². The van der Waals surface area contributed by atoms with Crippen molar-refractivity contribution < 1.29 is 24.6 Å². The van der Waals surface area contributed by atoms with Gasteiger partial charge in [0.15, 0.2) is 0 Å². The van der Waals surface area contributed by atoms with Gasteiger partial charge >= 0.3 is 12.0 Å². The lowest BCUT2D eigenvalue weighted by Gasteiger charge is -2.21. The Hall–Kier alpha value is -1.83. The zero-order valence-corrected chi connectivity index (χ0v) is 12.3. The second-order valence-corrected chi connectivity index (χ2v) is 5.25. The van der Waals surface area contributed by atoms with E-state index in [1.54, 1.807) is 0 Å². The standard InChI is InChI=1S/C13H23N3O5/c1-3-8(2)15-11(18)4-5-14-13(21)16-7-9(17)6-10(16)12(19)20/h8-10,17H,3-7H2,1-2H3,(H,14,21)(H,15,18)(H,19,20). The third-order valence-electron chi connectivity index (χ3n) is 3.47. The summed E-state index contributed by atoms with van der Waals surface area (Å²) in [6.45, 7) is 3.96. The zero-order valence-electron chi connectivity index (χ0n) is 12.3. The molecule has 4 N–H and O–H groups in total. The van der Waals surface area contributed by atoms with E-state index in [4.69, 9.17) is 5.11 Å². The highest BCUT2D eigenvalue weighted by molar-refractivity contribution is 5.84. The first kappa shape index (κ1) is 17.2. The minimum atomic E-state index is -1.14. The van der Waals surface area contributed by atoms with E-state index < -0.39 is 24.1 Å². The maximum Gasteiger partial charge on any atom is 0.326 e. The Morgan fingerprint density at radius 3 is 2.62 bits per heavy atom. The molecule has 3 unspecified atom stereocenters. The Kier molecular flexibility index (Phi) is 6.41. The van der Waals surface area contributed by atoms with Crippen molar-refractivity contribution in [3.05, 3.63) is 0 Å². The number of nitrogens with zero attached hydrogens (tertiary/aromatic N) is 1. The van der Waals surface area contributed by atoms with Crippen LogP contribution in [0.25, 0.3) is 0 Å². The molecule has 0 aromatic heterocycles. The first-order valence-electron chi connectivity index (χ1n) is 7.09. The van der Waals surface area contributed by atoms with Crippen LogP contribution in [0.15, 0.2) is 0 Å². The van der Waals surface area contributed by atoms with Crippen LogP contribution in [0.2, 0.25) is 0 Å². The number of carboxylic acids is 1. The van der Waals surface area contributed by atoms with Crippen molar-refractivity contribution in [3.8, 4) is 0 Å². The van der Waals surface area contributed by atoms with Gasteiger partial charge in [-0.1, -0.05) is 6.92 Å². The van der Waals surface area contributed by atoms with Crippen LogP contribution in [0, 0.1) is 0 Å². The van der Waals surface area contributed by atoms with Crippen molar-refractivity contribution in [1.29, 1.82) is 0 Å². The van der Waals surface area contributed by atoms with Gasteiger partial charge in [-0.15, -0.1) is 0 Å². The Morgan fingerprint density at radius 1 is 1.38 bits per heavy atom. The summed E-state index contributed by atoms with van der Waals surface area (Å²) in [5.74, 6) is -1.31. The van der Waals surface area contributed by atoms with E-state index in [1.807, 2.05) is 13.8 Å². The van der Waals surface area contributed by atoms with Gasteiger partial charge < -0.3 is 25.7 Å². The lowest BCUT2D eigenvalue weighted by atomic mass is 10.2. The molecule has 0 bridgehead atoms. The van der Waals surface area contributed by atoms with Crippen LogP contribution in [0.3, 0.4) is 0 Å². The Bertz CT molecular complexity index is 401. The molecule has 3 amide bonds. The van der Waals surface area contributed by atoms with Crippen LogP contribution >= 0.6 is 0 Å². The average Bonchev–Trinajstić information content (AvgIpc) is 2.80.